The van der Waals surface area contributed by atoms with E-state index in [1.807, 2.05) is 17.0 Å². The van der Waals surface area contributed by atoms with Gasteiger partial charge in [0.25, 0.3) is 0 Å². The van der Waals surface area contributed by atoms with Gasteiger partial charge in [-0.2, -0.15) is 0 Å². The Balaban J connectivity index is 1.36. The van der Waals surface area contributed by atoms with Crippen LogP contribution in [0.2, 0.25) is 5.02 Å². The van der Waals surface area contributed by atoms with Crippen molar-refractivity contribution in [3.63, 3.8) is 0 Å². The van der Waals surface area contributed by atoms with Crippen LogP contribution in [0.1, 0.15) is 31.2 Å². The van der Waals surface area contributed by atoms with E-state index in [0.717, 1.165) is 24.9 Å². The van der Waals surface area contributed by atoms with Gasteiger partial charge in [0.1, 0.15) is 5.82 Å². The van der Waals surface area contributed by atoms with Crippen LogP contribution in [-0.2, 0) is 11.2 Å². The lowest BCUT2D eigenvalue weighted by atomic mass is 10.1. The molecule has 1 saturated heterocycles. The molecule has 7 heteroatoms. The van der Waals surface area contributed by atoms with Crippen LogP contribution in [-0.4, -0.2) is 41.0 Å². The van der Waals surface area contributed by atoms with E-state index in [4.69, 9.17) is 11.6 Å². The minimum atomic E-state index is -0.138. The third-order valence-corrected chi connectivity index (χ3v) is 5.60. The predicted molar refractivity (Wildman–Crippen MR) is 110 cm³/mol. The van der Waals surface area contributed by atoms with Gasteiger partial charge < -0.3 is 10.2 Å². The maximum Gasteiger partial charge on any atom is 0.326 e. The lowest BCUT2D eigenvalue weighted by Crippen LogP contribution is -2.38. The highest BCUT2D eigenvalue weighted by atomic mass is 35.5. The molecule has 6 nitrogen and oxygen atoms in total. The van der Waals surface area contributed by atoms with Crippen LogP contribution in [0.5, 0.6) is 0 Å². The fourth-order valence-electron chi connectivity index (χ4n) is 3.98. The molecule has 0 radical (unpaired) electrons. The average Bonchev–Trinajstić information content (AvgIpc) is 3.32. The molecule has 1 aliphatic carbocycles. The zero-order valence-electron chi connectivity index (χ0n) is 15.6. The van der Waals surface area contributed by atoms with E-state index in [2.05, 4.69) is 10.3 Å². The number of anilines is 2. The Morgan fingerprint density at radius 1 is 1.18 bits per heavy atom. The van der Waals surface area contributed by atoms with Crippen LogP contribution in [0.3, 0.4) is 0 Å². The number of hydrogen-bond acceptors (Lipinski definition) is 3. The molecule has 0 bridgehead atoms. The molecule has 2 aliphatic rings. The van der Waals surface area contributed by atoms with Crippen LogP contribution >= 0.6 is 11.6 Å². The van der Waals surface area contributed by atoms with Crippen molar-refractivity contribution in [2.45, 2.75) is 38.1 Å². The number of benzene rings is 1. The van der Waals surface area contributed by atoms with Crippen LogP contribution in [0.4, 0.5) is 16.3 Å². The van der Waals surface area contributed by atoms with Gasteiger partial charge in [0.05, 0.1) is 18.3 Å². The molecule has 28 heavy (non-hydrogen) atoms. The molecule has 0 unspecified atom stereocenters. The highest BCUT2D eigenvalue weighted by Gasteiger charge is 2.36. The monoisotopic (exact) mass is 398 g/mol. The van der Waals surface area contributed by atoms with E-state index in [9.17, 15) is 9.59 Å². The summed E-state index contributed by atoms with van der Waals surface area (Å²) in [5.74, 6) is 0.486. The predicted octanol–water partition coefficient (Wildman–Crippen LogP) is 4.10. The standard InChI is InChI=1S/C21H23ClN4O2/c22-16-5-3-4-15(12-16)13-20(27)24-17-8-9-19(23-14-17)26-11-10-25(21(26)28)18-6-1-2-7-18/h3-5,8-9,12,14,18H,1-2,6-7,10-11,13H2,(H,24,27). The molecule has 146 valence electrons. The minimum Gasteiger partial charge on any atom is -0.324 e. The Bertz CT molecular complexity index is 865. The van der Waals surface area contributed by atoms with Gasteiger partial charge in [-0.05, 0) is 42.7 Å². The van der Waals surface area contributed by atoms with Crippen LogP contribution < -0.4 is 10.2 Å². The van der Waals surface area contributed by atoms with Gasteiger partial charge in [-0.25, -0.2) is 9.78 Å². The van der Waals surface area contributed by atoms with Gasteiger partial charge in [0, 0.05) is 24.2 Å². The summed E-state index contributed by atoms with van der Waals surface area (Å²) in [5, 5.41) is 3.44. The van der Waals surface area contributed by atoms with E-state index >= 15 is 0 Å². The first-order valence-electron chi connectivity index (χ1n) is 9.68. The molecule has 3 amide bonds. The smallest absolute Gasteiger partial charge is 0.324 e. The van der Waals surface area contributed by atoms with Crippen LogP contribution in [0.15, 0.2) is 42.6 Å². The van der Waals surface area contributed by atoms with Crippen LogP contribution in [0, 0.1) is 0 Å². The average molecular weight is 399 g/mol. The summed E-state index contributed by atoms with van der Waals surface area (Å²) in [5.41, 5.74) is 1.46. The number of carbonyl (C=O) groups excluding carboxylic acids is 2. The normalized spacial score (nSPS) is 17.4. The molecule has 1 N–H and O–H groups in total. The maximum absolute atomic E-state index is 12.7. The second-order valence-corrected chi connectivity index (χ2v) is 7.76. The van der Waals surface area contributed by atoms with Gasteiger partial charge in [0.15, 0.2) is 0 Å². The van der Waals surface area contributed by atoms with Crippen molar-refractivity contribution in [2.75, 3.05) is 23.3 Å². The van der Waals surface area contributed by atoms with Gasteiger partial charge in [0.2, 0.25) is 5.91 Å². The van der Waals surface area contributed by atoms with Crippen molar-refractivity contribution in [1.29, 1.82) is 0 Å². The molecule has 1 aromatic heterocycles. The van der Waals surface area contributed by atoms with Gasteiger partial charge >= 0.3 is 6.03 Å². The molecule has 1 aromatic carbocycles. The Labute approximate surface area is 169 Å². The molecule has 4 rings (SSSR count). The molecule has 1 saturated carbocycles. The first-order chi connectivity index (χ1) is 13.6. The maximum atomic E-state index is 12.7. The molecular formula is C21H23ClN4O2. The zero-order chi connectivity index (χ0) is 19.5. The first-order valence-corrected chi connectivity index (χ1v) is 10.1. The van der Waals surface area contributed by atoms with E-state index in [-0.39, 0.29) is 18.4 Å². The SMILES string of the molecule is O=C(Cc1cccc(Cl)c1)Nc1ccc(N2CCN(C3CCCC3)C2=O)nc1. The highest BCUT2D eigenvalue weighted by Crippen LogP contribution is 2.28. The molecule has 1 aliphatic heterocycles. The largest absolute Gasteiger partial charge is 0.326 e. The van der Waals surface area contributed by atoms with Crippen molar-refractivity contribution in [3.05, 3.63) is 53.2 Å². The van der Waals surface area contributed by atoms with Gasteiger partial charge in [-0.15, -0.1) is 0 Å². The number of hydrogen-bond donors (Lipinski definition) is 1. The van der Waals surface area contributed by atoms with E-state index in [1.54, 1.807) is 35.4 Å². The number of urea groups is 1. The quantitative estimate of drug-likeness (QED) is 0.824. The zero-order valence-corrected chi connectivity index (χ0v) is 16.4. The van der Waals surface area contributed by atoms with Crippen molar-refractivity contribution < 1.29 is 9.59 Å². The summed E-state index contributed by atoms with van der Waals surface area (Å²) < 4.78 is 0. The lowest BCUT2D eigenvalue weighted by molar-refractivity contribution is -0.115. The lowest BCUT2D eigenvalue weighted by Gasteiger charge is -2.23. The second kappa shape index (κ2) is 8.19. The topological polar surface area (TPSA) is 65.5 Å². The molecule has 2 aromatic rings. The fourth-order valence-corrected chi connectivity index (χ4v) is 4.19. The summed E-state index contributed by atoms with van der Waals surface area (Å²) in [4.78, 5) is 33.0. The van der Waals surface area contributed by atoms with Gasteiger partial charge in [-0.1, -0.05) is 36.6 Å². The third-order valence-electron chi connectivity index (χ3n) is 5.37. The number of halogens is 1. The number of nitrogens with zero attached hydrogens (tertiary/aromatic N) is 3. The molecule has 0 spiro atoms. The van der Waals surface area contributed by atoms with Crippen molar-refractivity contribution in [3.8, 4) is 0 Å². The Morgan fingerprint density at radius 2 is 2.00 bits per heavy atom. The third kappa shape index (κ3) is 4.12. The van der Waals surface area contributed by atoms with E-state index < -0.39 is 0 Å². The van der Waals surface area contributed by atoms with Gasteiger partial charge in [-0.3, -0.25) is 9.69 Å². The molecule has 2 fully saturated rings. The number of aromatic nitrogens is 1. The Morgan fingerprint density at radius 3 is 2.71 bits per heavy atom. The Hall–Kier alpha value is -2.60. The number of nitrogens with one attached hydrogen (secondary N) is 1. The number of carbonyl (C=O) groups is 2. The van der Waals surface area contributed by atoms with Crippen molar-refractivity contribution >= 4 is 35.0 Å². The van der Waals surface area contributed by atoms with Crippen LogP contribution in [0.25, 0.3) is 0 Å². The summed E-state index contributed by atoms with van der Waals surface area (Å²) in [6.07, 6.45) is 6.45. The minimum absolute atomic E-state index is 0.0390. The fraction of sp³-hybridized carbons (Fsp3) is 0.381. The number of pyridine rings is 1. The summed E-state index contributed by atoms with van der Waals surface area (Å²) in [6.45, 7) is 1.41. The molecular weight excluding hydrogens is 376 g/mol. The van der Waals surface area contributed by atoms with Crippen molar-refractivity contribution in [1.82, 2.24) is 9.88 Å². The summed E-state index contributed by atoms with van der Waals surface area (Å²) in [6, 6.07) is 11.2. The molecule has 0 atom stereocenters. The van der Waals surface area contributed by atoms with E-state index in [1.165, 1.54) is 12.8 Å². The van der Waals surface area contributed by atoms with Crippen molar-refractivity contribution in [2.24, 2.45) is 0 Å². The first kappa shape index (κ1) is 18.7. The second-order valence-electron chi connectivity index (χ2n) is 7.33. The number of rotatable bonds is 5. The Kier molecular flexibility index (Phi) is 5.48. The number of amides is 3. The highest BCUT2D eigenvalue weighted by molar-refractivity contribution is 6.30. The molecule has 2 heterocycles. The van der Waals surface area contributed by atoms with E-state index in [0.29, 0.717) is 29.1 Å². The summed E-state index contributed by atoms with van der Waals surface area (Å²) in [7, 11) is 0. The summed E-state index contributed by atoms with van der Waals surface area (Å²) >= 11 is 5.95.